The van der Waals surface area contributed by atoms with Gasteiger partial charge in [0.2, 0.25) is 17.3 Å². The quantitative estimate of drug-likeness (QED) is 0.429. The van der Waals surface area contributed by atoms with E-state index in [0.717, 1.165) is 21.9 Å². The lowest BCUT2D eigenvalue weighted by atomic mass is 10.1. The lowest BCUT2D eigenvalue weighted by molar-refractivity contribution is 0.229. The first-order chi connectivity index (χ1) is 14.3. The summed E-state index contributed by atoms with van der Waals surface area (Å²) in [7, 11) is 0. The van der Waals surface area contributed by atoms with E-state index in [1.807, 2.05) is 42.5 Å². The number of hydrogen-bond donors (Lipinski definition) is 1. The lowest BCUT2D eigenvalue weighted by Crippen LogP contribution is -2.15. The molecule has 1 aliphatic heterocycles. The summed E-state index contributed by atoms with van der Waals surface area (Å²) in [6, 6.07) is 22.5. The van der Waals surface area contributed by atoms with Gasteiger partial charge in [-0.25, -0.2) is 0 Å². The first-order valence-corrected chi connectivity index (χ1v) is 11.1. The summed E-state index contributed by atoms with van der Waals surface area (Å²) >= 11 is 3.26. The van der Waals surface area contributed by atoms with E-state index in [2.05, 4.69) is 46.7 Å². The third-order valence-corrected chi connectivity index (χ3v) is 6.52. The molecule has 1 aliphatic rings. The zero-order valence-electron chi connectivity index (χ0n) is 15.7. The summed E-state index contributed by atoms with van der Waals surface area (Å²) in [5.41, 5.74) is 3.78. The molecular formula is C22H18N4OS2. The Morgan fingerprint density at radius 3 is 2.66 bits per heavy atom. The van der Waals surface area contributed by atoms with Crippen molar-refractivity contribution in [2.45, 2.75) is 24.1 Å². The van der Waals surface area contributed by atoms with Crippen LogP contribution >= 0.6 is 23.1 Å². The highest BCUT2D eigenvalue weighted by Crippen LogP contribution is 2.40. The van der Waals surface area contributed by atoms with Crippen molar-refractivity contribution in [3.8, 4) is 17.1 Å². The molecule has 2 aromatic carbocycles. The number of thiophene rings is 1. The summed E-state index contributed by atoms with van der Waals surface area (Å²) in [4.78, 5) is 7.04. The van der Waals surface area contributed by atoms with Gasteiger partial charge in [0.25, 0.3) is 0 Å². The summed E-state index contributed by atoms with van der Waals surface area (Å²) in [5, 5.41) is 12.9. The predicted octanol–water partition coefficient (Wildman–Crippen LogP) is 5.70. The van der Waals surface area contributed by atoms with E-state index < -0.39 is 0 Å². The van der Waals surface area contributed by atoms with Gasteiger partial charge in [0.15, 0.2) is 5.69 Å². The van der Waals surface area contributed by atoms with E-state index in [4.69, 9.17) is 9.72 Å². The van der Waals surface area contributed by atoms with Crippen molar-refractivity contribution in [3.63, 3.8) is 0 Å². The second-order valence-electron chi connectivity index (χ2n) is 6.66. The Bertz CT molecular complexity index is 1150. The zero-order chi connectivity index (χ0) is 19.6. The lowest BCUT2D eigenvalue weighted by Gasteiger charge is -2.17. The van der Waals surface area contributed by atoms with Crippen molar-refractivity contribution < 1.29 is 4.74 Å². The molecule has 0 saturated heterocycles. The molecule has 29 heavy (non-hydrogen) atoms. The van der Waals surface area contributed by atoms with Crippen LogP contribution in [0.1, 0.15) is 21.5 Å². The van der Waals surface area contributed by atoms with Gasteiger partial charge in [0.1, 0.15) is 0 Å². The third kappa shape index (κ3) is 3.83. The minimum Gasteiger partial charge on any atom is -0.447 e. The van der Waals surface area contributed by atoms with Crippen molar-refractivity contribution >= 4 is 28.8 Å². The Morgan fingerprint density at radius 2 is 1.83 bits per heavy atom. The highest BCUT2D eigenvalue weighted by atomic mass is 32.2. The standard InChI is InChI=1S/C22H18N4OS2/c1-14-11-12-18(29-14)20-23-17-10-6-5-9-16(17)19-21(27-20)24-22(26-25-19)28-13-15-7-3-2-4-8-15/h2-12,20,23H,13H2,1H3/t20-/m0/s1. The van der Waals surface area contributed by atoms with Gasteiger partial charge in [-0.15, -0.1) is 21.5 Å². The molecule has 0 spiro atoms. The Morgan fingerprint density at radius 1 is 1.00 bits per heavy atom. The maximum absolute atomic E-state index is 6.30. The molecule has 3 heterocycles. The van der Waals surface area contributed by atoms with Crippen molar-refractivity contribution in [3.05, 3.63) is 82.0 Å². The van der Waals surface area contributed by atoms with Gasteiger partial charge in [-0.2, -0.15) is 4.98 Å². The monoisotopic (exact) mass is 418 g/mol. The summed E-state index contributed by atoms with van der Waals surface area (Å²) in [5.74, 6) is 1.29. The largest absolute Gasteiger partial charge is 0.447 e. The number of thioether (sulfide) groups is 1. The highest BCUT2D eigenvalue weighted by molar-refractivity contribution is 7.98. The number of ether oxygens (including phenoxy) is 1. The van der Waals surface area contributed by atoms with Crippen molar-refractivity contribution in [1.29, 1.82) is 0 Å². The molecule has 2 aromatic heterocycles. The zero-order valence-corrected chi connectivity index (χ0v) is 17.3. The number of nitrogens with one attached hydrogen (secondary N) is 1. The fraction of sp³-hybridized carbons (Fsp3) is 0.136. The molecule has 0 saturated carbocycles. The molecule has 0 amide bonds. The number of benzene rings is 2. The highest BCUT2D eigenvalue weighted by Gasteiger charge is 2.26. The van der Waals surface area contributed by atoms with Crippen molar-refractivity contribution in [2.75, 3.05) is 5.32 Å². The third-order valence-electron chi connectivity index (χ3n) is 4.56. The Balaban J connectivity index is 1.50. The molecule has 144 valence electrons. The van der Waals surface area contributed by atoms with Crippen LogP contribution in [0.15, 0.2) is 71.9 Å². The average Bonchev–Trinajstić information content (AvgIpc) is 3.12. The maximum atomic E-state index is 6.30. The van der Waals surface area contributed by atoms with Gasteiger partial charge in [-0.05, 0) is 30.7 Å². The molecule has 0 bridgehead atoms. The van der Waals surface area contributed by atoms with E-state index in [1.165, 1.54) is 10.4 Å². The van der Waals surface area contributed by atoms with Gasteiger partial charge in [-0.1, -0.05) is 60.3 Å². The van der Waals surface area contributed by atoms with E-state index in [0.29, 0.717) is 16.7 Å². The van der Waals surface area contributed by atoms with Crippen LogP contribution in [0.2, 0.25) is 0 Å². The second-order valence-corrected chi connectivity index (χ2v) is 8.92. The van der Waals surface area contributed by atoms with Gasteiger partial charge >= 0.3 is 0 Å². The normalized spacial score (nSPS) is 14.9. The Labute approximate surface area is 177 Å². The first kappa shape index (κ1) is 18.1. The molecule has 4 aromatic rings. The van der Waals surface area contributed by atoms with Crippen LogP contribution in [0.4, 0.5) is 5.69 Å². The number of aryl methyl sites for hydroxylation is 1. The second kappa shape index (κ2) is 7.85. The molecule has 0 radical (unpaired) electrons. The maximum Gasteiger partial charge on any atom is 0.247 e. The molecule has 7 heteroatoms. The number of rotatable bonds is 4. The number of para-hydroxylation sites is 1. The first-order valence-electron chi connectivity index (χ1n) is 9.26. The van der Waals surface area contributed by atoms with Crippen LogP contribution in [-0.4, -0.2) is 15.2 Å². The average molecular weight is 419 g/mol. The molecule has 5 rings (SSSR count). The number of anilines is 1. The van der Waals surface area contributed by atoms with Crippen LogP contribution in [0, 0.1) is 6.92 Å². The van der Waals surface area contributed by atoms with Gasteiger partial charge in [0, 0.05) is 21.9 Å². The minimum atomic E-state index is -0.320. The van der Waals surface area contributed by atoms with E-state index in [1.54, 1.807) is 23.1 Å². The van der Waals surface area contributed by atoms with Crippen LogP contribution < -0.4 is 10.1 Å². The SMILES string of the molecule is Cc1ccc([C@H]2Nc3ccccc3-c3nnc(SCc4ccccc4)nc3O2)s1. The van der Waals surface area contributed by atoms with Crippen molar-refractivity contribution in [2.24, 2.45) is 0 Å². The van der Waals surface area contributed by atoms with Crippen LogP contribution in [0.5, 0.6) is 5.88 Å². The fourth-order valence-corrected chi connectivity index (χ4v) is 4.75. The molecule has 1 N–H and O–H groups in total. The van der Waals surface area contributed by atoms with Gasteiger partial charge in [0.05, 0.1) is 4.88 Å². The van der Waals surface area contributed by atoms with Crippen LogP contribution in [0.25, 0.3) is 11.3 Å². The van der Waals surface area contributed by atoms with Gasteiger partial charge in [-0.3, -0.25) is 0 Å². The molecule has 5 nitrogen and oxygen atoms in total. The van der Waals surface area contributed by atoms with E-state index in [-0.39, 0.29) is 6.23 Å². The van der Waals surface area contributed by atoms with Crippen LogP contribution in [-0.2, 0) is 5.75 Å². The topological polar surface area (TPSA) is 59.9 Å². The number of aromatic nitrogens is 3. The molecule has 0 fully saturated rings. The Hall–Kier alpha value is -2.90. The summed E-state index contributed by atoms with van der Waals surface area (Å²) in [6.45, 7) is 2.09. The predicted molar refractivity (Wildman–Crippen MR) is 117 cm³/mol. The molecule has 1 atom stereocenters. The number of fused-ring (bicyclic) bond motifs is 3. The van der Waals surface area contributed by atoms with Crippen molar-refractivity contribution in [1.82, 2.24) is 15.2 Å². The molecule has 0 unspecified atom stereocenters. The van der Waals surface area contributed by atoms with Gasteiger partial charge < -0.3 is 10.1 Å². The smallest absolute Gasteiger partial charge is 0.247 e. The van der Waals surface area contributed by atoms with E-state index in [9.17, 15) is 0 Å². The Kier molecular flexibility index (Phi) is 4.91. The van der Waals surface area contributed by atoms with Crippen LogP contribution in [0.3, 0.4) is 0 Å². The summed E-state index contributed by atoms with van der Waals surface area (Å²) < 4.78 is 6.30. The summed E-state index contributed by atoms with van der Waals surface area (Å²) in [6.07, 6.45) is -0.320. The molecule has 0 aliphatic carbocycles. The number of hydrogen-bond acceptors (Lipinski definition) is 7. The number of nitrogens with zero attached hydrogens (tertiary/aromatic N) is 3. The minimum absolute atomic E-state index is 0.320. The fourth-order valence-electron chi connectivity index (χ4n) is 3.15. The van der Waals surface area contributed by atoms with E-state index >= 15 is 0 Å². The molecular weight excluding hydrogens is 400 g/mol.